The fraction of sp³-hybridized carbons (Fsp3) is 0.0556. The average Bonchev–Trinajstić information content (AvgIpc) is 2.61. The third-order valence-electron chi connectivity index (χ3n) is 3.53. The smallest absolute Gasteiger partial charge is 0.269 e. The minimum absolute atomic E-state index is 0.00481. The van der Waals surface area contributed by atoms with Gasteiger partial charge in [0.1, 0.15) is 5.75 Å². The quantitative estimate of drug-likeness (QED) is 0.438. The standard InChI is InChI=1S/C18H12Cl2N2O3/c19-13-3-8-16(17(20)10-13)18(12-2-1-9-21-11-12)25-15-6-4-14(5-7-15)22(23)24/h1-11,18H. The first-order valence-corrected chi connectivity index (χ1v) is 8.06. The lowest BCUT2D eigenvalue weighted by Crippen LogP contribution is -2.10. The van der Waals surface area contributed by atoms with E-state index in [9.17, 15) is 10.1 Å². The Morgan fingerprint density at radius 3 is 2.44 bits per heavy atom. The SMILES string of the molecule is O=[N+]([O-])c1ccc(OC(c2cccnc2)c2ccc(Cl)cc2Cl)cc1. The van der Waals surface area contributed by atoms with Crippen LogP contribution in [0.4, 0.5) is 5.69 Å². The highest BCUT2D eigenvalue weighted by Gasteiger charge is 2.20. The Kier molecular flexibility index (Phi) is 5.16. The zero-order valence-corrected chi connectivity index (χ0v) is 14.3. The first-order chi connectivity index (χ1) is 12.0. The molecule has 126 valence electrons. The minimum atomic E-state index is -0.528. The number of nitro benzene ring substituents is 1. The highest BCUT2D eigenvalue weighted by Crippen LogP contribution is 2.34. The summed E-state index contributed by atoms with van der Waals surface area (Å²) in [6.07, 6.45) is 2.82. The molecule has 1 atom stereocenters. The van der Waals surface area contributed by atoms with E-state index in [1.165, 1.54) is 12.1 Å². The van der Waals surface area contributed by atoms with E-state index in [2.05, 4.69) is 4.98 Å². The topological polar surface area (TPSA) is 65.3 Å². The first-order valence-electron chi connectivity index (χ1n) is 7.30. The summed E-state index contributed by atoms with van der Waals surface area (Å²) < 4.78 is 6.05. The van der Waals surface area contributed by atoms with Gasteiger partial charge in [0.15, 0.2) is 6.10 Å². The van der Waals surface area contributed by atoms with E-state index in [1.807, 2.05) is 6.07 Å². The fourth-order valence-electron chi connectivity index (χ4n) is 2.34. The normalized spacial score (nSPS) is 11.8. The zero-order valence-electron chi connectivity index (χ0n) is 12.8. The van der Waals surface area contributed by atoms with E-state index in [1.54, 1.807) is 48.8 Å². The van der Waals surface area contributed by atoms with Crippen molar-refractivity contribution in [3.05, 3.63) is 98.3 Å². The molecule has 0 N–H and O–H groups in total. The van der Waals surface area contributed by atoms with Gasteiger partial charge in [-0.25, -0.2) is 0 Å². The Labute approximate surface area is 154 Å². The van der Waals surface area contributed by atoms with Crippen molar-refractivity contribution in [2.75, 3.05) is 0 Å². The summed E-state index contributed by atoms with van der Waals surface area (Å²) in [6, 6.07) is 14.7. The zero-order chi connectivity index (χ0) is 17.8. The summed E-state index contributed by atoms with van der Waals surface area (Å²) in [5.74, 6) is 0.477. The number of rotatable bonds is 5. The van der Waals surface area contributed by atoms with Gasteiger partial charge in [-0.05, 0) is 30.3 Å². The van der Waals surface area contributed by atoms with Gasteiger partial charge in [-0.15, -0.1) is 0 Å². The molecular weight excluding hydrogens is 363 g/mol. The number of aromatic nitrogens is 1. The number of nitro groups is 1. The molecule has 3 aromatic rings. The fourth-order valence-corrected chi connectivity index (χ4v) is 2.85. The van der Waals surface area contributed by atoms with Crippen LogP contribution in [0.1, 0.15) is 17.2 Å². The van der Waals surface area contributed by atoms with Crippen LogP contribution < -0.4 is 4.74 Å². The van der Waals surface area contributed by atoms with Gasteiger partial charge in [-0.1, -0.05) is 35.3 Å². The molecule has 0 bridgehead atoms. The van der Waals surface area contributed by atoms with Crippen molar-refractivity contribution < 1.29 is 9.66 Å². The lowest BCUT2D eigenvalue weighted by atomic mass is 10.0. The number of nitrogens with zero attached hydrogens (tertiary/aromatic N) is 2. The Morgan fingerprint density at radius 2 is 1.84 bits per heavy atom. The highest BCUT2D eigenvalue weighted by atomic mass is 35.5. The van der Waals surface area contributed by atoms with E-state index < -0.39 is 11.0 Å². The molecule has 25 heavy (non-hydrogen) atoms. The second-order valence-electron chi connectivity index (χ2n) is 5.20. The molecule has 7 heteroatoms. The van der Waals surface area contributed by atoms with E-state index >= 15 is 0 Å². The number of pyridine rings is 1. The molecule has 3 rings (SSSR count). The van der Waals surface area contributed by atoms with Crippen molar-refractivity contribution in [3.8, 4) is 5.75 Å². The predicted octanol–water partition coefficient (Wildman–Crippen LogP) is 5.47. The summed E-state index contributed by atoms with van der Waals surface area (Å²) in [6.45, 7) is 0. The first kappa shape index (κ1) is 17.2. The maximum atomic E-state index is 10.8. The monoisotopic (exact) mass is 374 g/mol. The van der Waals surface area contributed by atoms with E-state index in [-0.39, 0.29) is 5.69 Å². The van der Waals surface area contributed by atoms with Crippen LogP contribution in [0.3, 0.4) is 0 Å². The Morgan fingerprint density at radius 1 is 1.08 bits per heavy atom. The van der Waals surface area contributed by atoms with E-state index in [0.29, 0.717) is 15.8 Å². The number of non-ortho nitro benzene ring substituents is 1. The number of halogens is 2. The van der Waals surface area contributed by atoms with Crippen LogP contribution >= 0.6 is 23.2 Å². The summed E-state index contributed by atoms with van der Waals surface area (Å²) in [4.78, 5) is 14.4. The third-order valence-corrected chi connectivity index (χ3v) is 4.10. The molecule has 2 aromatic carbocycles. The van der Waals surface area contributed by atoms with Crippen molar-refractivity contribution in [1.82, 2.24) is 4.98 Å². The Bertz CT molecular complexity index is 887. The van der Waals surface area contributed by atoms with Gasteiger partial charge in [0.25, 0.3) is 5.69 Å². The molecule has 1 unspecified atom stereocenters. The molecule has 0 fully saturated rings. The molecule has 0 aliphatic heterocycles. The predicted molar refractivity (Wildman–Crippen MR) is 96.3 cm³/mol. The maximum absolute atomic E-state index is 10.8. The summed E-state index contributed by atoms with van der Waals surface area (Å²) in [5, 5.41) is 11.8. The number of hydrogen-bond donors (Lipinski definition) is 0. The second kappa shape index (κ2) is 7.51. The van der Waals surface area contributed by atoms with Crippen molar-refractivity contribution in [3.63, 3.8) is 0 Å². The van der Waals surface area contributed by atoms with Gasteiger partial charge in [0.2, 0.25) is 0 Å². The number of ether oxygens (including phenoxy) is 1. The van der Waals surface area contributed by atoms with E-state index in [4.69, 9.17) is 27.9 Å². The van der Waals surface area contributed by atoms with Crippen molar-refractivity contribution in [2.45, 2.75) is 6.10 Å². The largest absolute Gasteiger partial charge is 0.481 e. The van der Waals surface area contributed by atoms with Gasteiger partial charge >= 0.3 is 0 Å². The van der Waals surface area contributed by atoms with Gasteiger partial charge < -0.3 is 4.74 Å². The highest BCUT2D eigenvalue weighted by molar-refractivity contribution is 6.35. The second-order valence-corrected chi connectivity index (χ2v) is 6.04. The van der Waals surface area contributed by atoms with Crippen molar-refractivity contribution in [1.29, 1.82) is 0 Å². The van der Waals surface area contributed by atoms with Crippen molar-refractivity contribution >= 4 is 28.9 Å². The molecule has 1 heterocycles. The van der Waals surface area contributed by atoms with Crippen LogP contribution in [0.15, 0.2) is 67.0 Å². The molecule has 0 aliphatic carbocycles. The maximum Gasteiger partial charge on any atom is 0.269 e. The molecular formula is C18H12Cl2N2O3. The average molecular weight is 375 g/mol. The molecule has 0 radical (unpaired) electrons. The summed E-state index contributed by atoms with van der Waals surface area (Å²) in [7, 11) is 0. The number of benzene rings is 2. The van der Waals surface area contributed by atoms with Crippen LogP contribution in [0, 0.1) is 10.1 Å². The molecule has 0 saturated carbocycles. The Balaban J connectivity index is 1.98. The number of hydrogen-bond acceptors (Lipinski definition) is 4. The lowest BCUT2D eigenvalue weighted by molar-refractivity contribution is -0.384. The van der Waals surface area contributed by atoms with Crippen LogP contribution in [0.25, 0.3) is 0 Å². The molecule has 0 saturated heterocycles. The summed E-state index contributed by atoms with van der Waals surface area (Å²) >= 11 is 12.3. The summed E-state index contributed by atoms with van der Waals surface area (Å²) in [5.41, 5.74) is 1.51. The van der Waals surface area contributed by atoms with Crippen LogP contribution in [0.2, 0.25) is 10.0 Å². The molecule has 1 aromatic heterocycles. The molecule has 5 nitrogen and oxygen atoms in total. The van der Waals surface area contributed by atoms with Crippen LogP contribution in [0.5, 0.6) is 5.75 Å². The molecule has 0 aliphatic rings. The van der Waals surface area contributed by atoms with Crippen LogP contribution in [-0.4, -0.2) is 9.91 Å². The lowest BCUT2D eigenvalue weighted by Gasteiger charge is -2.21. The molecule has 0 spiro atoms. The van der Waals surface area contributed by atoms with Crippen molar-refractivity contribution in [2.24, 2.45) is 0 Å². The Hall–Kier alpha value is -2.63. The van der Waals surface area contributed by atoms with Gasteiger partial charge in [-0.3, -0.25) is 15.1 Å². The third kappa shape index (κ3) is 4.07. The van der Waals surface area contributed by atoms with E-state index in [0.717, 1.165) is 11.1 Å². The van der Waals surface area contributed by atoms with Gasteiger partial charge in [0, 0.05) is 45.7 Å². The minimum Gasteiger partial charge on any atom is -0.481 e. The molecule has 0 amide bonds. The van der Waals surface area contributed by atoms with Crippen LogP contribution in [-0.2, 0) is 0 Å². The van der Waals surface area contributed by atoms with Gasteiger partial charge in [0.05, 0.1) is 4.92 Å². The van der Waals surface area contributed by atoms with Gasteiger partial charge in [-0.2, -0.15) is 0 Å².